The summed E-state index contributed by atoms with van der Waals surface area (Å²) in [6, 6.07) is 22.2. The predicted molar refractivity (Wildman–Crippen MR) is 125 cm³/mol. The Hall–Kier alpha value is -3.93. The molecule has 4 rings (SSSR count). The molecular formula is C26H25N3O3. The molecule has 2 heterocycles. The van der Waals surface area contributed by atoms with Crippen LogP contribution in [-0.2, 0) is 11.4 Å². The van der Waals surface area contributed by atoms with Gasteiger partial charge in [-0.25, -0.2) is 4.98 Å². The Labute approximate surface area is 186 Å². The molecule has 32 heavy (non-hydrogen) atoms. The molecule has 1 N–H and O–H groups in total. The van der Waals surface area contributed by atoms with Crippen molar-refractivity contribution in [2.75, 3.05) is 5.32 Å². The Balaban J connectivity index is 1.52. The van der Waals surface area contributed by atoms with E-state index >= 15 is 0 Å². The highest BCUT2D eigenvalue weighted by molar-refractivity contribution is 5.97. The number of hydrogen-bond donors (Lipinski definition) is 1. The van der Waals surface area contributed by atoms with Crippen LogP contribution < -0.4 is 15.6 Å². The number of rotatable bonds is 7. The number of carbonyl (C=O) groups excluding carboxylic acids is 1. The van der Waals surface area contributed by atoms with Gasteiger partial charge >= 0.3 is 0 Å². The lowest BCUT2D eigenvalue weighted by molar-refractivity contribution is -0.117. The largest absolute Gasteiger partial charge is 0.485 e. The molecule has 2 aromatic carbocycles. The Morgan fingerprint density at radius 1 is 1.06 bits per heavy atom. The molecule has 162 valence electrons. The second-order valence-corrected chi connectivity index (χ2v) is 7.67. The van der Waals surface area contributed by atoms with Gasteiger partial charge in [0.2, 0.25) is 5.91 Å². The van der Waals surface area contributed by atoms with E-state index in [0.29, 0.717) is 29.2 Å². The van der Waals surface area contributed by atoms with Crippen molar-refractivity contribution in [3.63, 3.8) is 0 Å². The van der Waals surface area contributed by atoms with E-state index in [2.05, 4.69) is 10.3 Å². The van der Waals surface area contributed by atoms with Crippen LogP contribution in [0, 0.1) is 6.92 Å². The second kappa shape index (κ2) is 9.47. The third-order valence-electron chi connectivity index (χ3n) is 5.31. The topological polar surface area (TPSA) is 72.7 Å². The number of aryl methyl sites for hydroxylation is 1. The lowest BCUT2D eigenvalue weighted by atomic mass is 9.95. The van der Waals surface area contributed by atoms with E-state index in [9.17, 15) is 9.59 Å². The fourth-order valence-electron chi connectivity index (χ4n) is 3.66. The van der Waals surface area contributed by atoms with Crippen molar-refractivity contribution in [1.29, 1.82) is 0 Å². The number of amides is 1. The molecule has 0 saturated carbocycles. The second-order valence-electron chi connectivity index (χ2n) is 7.67. The van der Waals surface area contributed by atoms with Crippen molar-refractivity contribution in [3.8, 4) is 5.75 Å². The van der Waals surface area contributed by atoms with E-state index < -0.39 is 0 Å². The molecule has 6 nitrogen and oxygen atoms in total. The first-order valence-corrected chi connectivity index (χ1v) is 10.6. The van der Waals surface area contributed by atoms with Gasteiger partial charge in [0, 0.05) is 12.3 Å². The summed E-state index contributed by atoms with van der Waals surface area (Å²) in [5.41, 5.74) is 3.47. The smallest absolute Gasteiger partial charge is 0.258 e. The van der Waals surface area contributed by atoms with Crippen LogP contribution in [0.4, 0.5) is 5.69 Å². The third kappa shape index (κ3) is 4.70. The first kappa shape index (κ1) is 21.3. The molecule has 1 atom stereocenters. The molecule has 0 aliphatic carbocycles. The molecule has 0 spiro atoms. The number of benzene rings is 2. The number of hydrogen-bond acceptors (Lipinski definition) is 4. The number of pyridine rings is 1. The van der Waals surface area contributed by atoms with Gasteiger partial charge < -0.3 is 10.1 Å². The SMILES string of the molecule is CC[C@H](C(=O)Nc1ccccc1OCc1cc(=O)n2cc(C)ccc2n1)c1ccccc1. The van der Waals surface area contributed by atoms with Crippen LogP contribution in [0.15, 0.2) is 83.8 Å². The van der Waals surface area contributed by atoms with Gasteiger partial charge in [-0.05, 0) is 42.7 Å². The highest BCUT2D eigenvalue weighted by atomic mass is 16.5. The Kier molecular flexibility index (Phi) is 6.31. The average Bonchev–Trinajstić information content (AvgIpc) is 2.80. The van der Waals surface area contributed by atoms with Crippen LogP contribution in [0.2, 0.25) is 0 Å². The van der Waals surface area contributed by atoms with Gasteiger partial charge in [0.05, 0.1) is 17.3 Å². The molecular weight excluding hydrogens is 402 g/mol. The monoisotopic (exact) mass is 427 g/mol. The number of ether oxygens (including phenoxy) is 1. The summed E-state index contributed by atoms with van der Waals surface area (Å²) in [5.74, 6) is 0.178. The standard InChI is InChI=1S/C26H25N3O3/c1-3-21(19-9-5-4-6-10-19)26(31)28-22-11-7-8-12-23(22)32-17-20-15-25(30)29-16-18(2)13-14-24(29)27-20/h4-16,21H,3,17H2,1-2H3,(H,28,31)/t21-/m0/s1. The van der Waals surface area contributed by atoms with Crippen molar-refractivity contribution in [3.05, 3.63) is 106 Å². The molecule has 4 aromatic rings. The number of carbonyl (C=O) groups is 1. The minimum Gasteiger partial charge on any atom is -0.485 e. The van der Waals surface area contributed by atoms with E-state index in [1.54, 1.807) is 18.3 Å². The zero-order valence-corrected chi connectivity index (χ0v) is 18.1. The summed E-state index contributed by atoms with van der Waals surface area (Å²) >= 11 is 0. The number of aromatic nitrogens is 2. The van der Waals surface area contributed by atoms with E-state index in [4.69, 9.17) is 4.74 Å². The molecule has 0 saturated heterocycles. The van der Waals surface area contributed by atoms with Crippen LogP contribution in [0.25, 0.3) is 5.65 Å². The van der Waals surface area contributed by atoms with Crippen LogP contribution in [0.3, 0.4) is 0 Å². The molecule has 0 unspecified atom stereocenters. The maximum atomic E-state index is 13.0. The Bertz CT molecular complexity index is 1300. The first-order valence-electron chi connectivity index (χ1n) is 10.6. The Morgan fingerprint density at radius 2 is 1.81 bits per heavy atom. The number of anilines is 1. The van der Waals surface area contributed by atoms with Crippen LogP contribution in [-0.4, -0.2) is 15.3 Å². The first-order chi connectivity index (χ1) is 15.5. The van der Waals surface area contributed by atoms with Crippen LogP contribution >= 0.6 is 0 Å². The van der Waals surface area contributed by atoms with E-state index in [1.165, 1.54) is 10.5 Å². The quantitative estimate of drug-likeness (QED) is 0.463. The highest BCUT2D eigenvalue weighted by Crippen LogP contribution is 2.27. The minimum absolute atomic E-state index is 0.0906. The summed E-state index contributed by atoms with van der Waals surface area (Å²) in [7, 11) is 0. The number of para-hydroxylation sites is 2. The molecule has 1 amide bonds. The zero-order valence-electron chi connectivity index (χ0n) is 18.1. The van der Waals surface area contributed by atoms with E-state index in [1.807, 2.05) is 68.4 Å². The van der Waals surface area contributed by atoms with Gasteiger partial charge in [0.1, 0.15) is 18.0 Å². The molecule has 6 heteroatoms. The van der Waals surface area contributed by atoms with Gasteiger partial charge in [0.25, 0.3) is 5.56 Å². The summed E-state index contributed by atoms with van der Waals surface area (Å²) in [4.78, 5) is 29.9. The molecule has 2 aromatic heterocycles. The predicted octanol–water partition coefficient (Wildman–Crippen LogP) is 4.71. The number of nitrogens with one attached hydrogen (secondary N) is 1. The van der Waals surface area contributed by atoms with Crippen molar-refractivity contribution < 1.29 is 9.53 Å². The number of nitrogens with zero attached hydrogens (tertiary/aromatic N) is 2. The van der Waals surface area contributed by atoms with Crippen molar-refractivity contribution in [2.24, 2.45) is 0 Å². The summed E-state index contributed by atoms with van der Waals surface area (Å²) in [5, 5.41) is 2.99. The maximum Gasteiger partial charge on any atom is 0.258 e. The third-order valence-corrected chi connectivity index (χ3v) is 5.31. The van der Waals surface area contributed by atoms with Crippen LogP contribution in [0.5, 0.6) is 5.75 Å². The fourth-order valence-corrected chi connectivity index (χ4v) is 3.66. The Morgan fingerprint density at radius 3 is 2.59 bits per heavy atom. The van der Waals surface area contributed by atoms with Gasteiger partial charge in [0.15, 0.2) is 0 Å². The minimum atomic E-state index is -0.255. The van der Waals surface area contributed by atoms with Crippen molar-refractivity contribution >= 4 is 17.2 Å². The van der Waals surface area contributed by atoms with Gasteiger partial charge in [-0.1, -0.05) is 55.5 Å². The lowest BCUT2D eigenvalue weighted by Crippen LogP contribution is -2.21. The molecule has 0 radical (unpaired) electrons. The maximum absolute atomic E-state index is 13.0. The molecule has 0 aliphatic heterocycles. The average molecular weight is 428 g/mol. The number of fused-ring (bicyclic) bond motifs is 1. The fraction of sp³-hybridized carbons (Fsp3) is 0.192. The van der Waals surface area contributed by atoms with Crippen molar-refractivity contribution in [2.45, 2.75) is 32.8 Å². The van der Waals surface area contributed by atoms with E-state index in [0.717, 1.165) is 11.1 Å². The highest BCUT2D eigenvalue weighted by Gasteiger charge is 2.19. The summed E-state index contributed by atoms with van der Waals surface area (Å²) < 4.78 is 7.46. The summed E-state index contributed by atoms with van der Waals surface area (Å²) in [6.07, 6.45) is 2.44. The van der Waals surface area contributed by atoms with E-state index in [-0.39, 0.29) is 24.0 Å². The van der Waals surface area contributed by atoms with Gasteiger partial charge in [-0.15, -0.1) is 0 Å². The zero-order chi connectivity index (χ0) is 22.5. The lowest BCUT2D eigenvalue weighted by Gasteiger charge is -2.17. The van der Waals surface area contributed by atoms with Gasteiger partial charge in [-0.2, -0.15) is 0 Å². The molecule has 0 bridgehead atoms. The summed E-state index contributed by atoms with van der Waals surface area (Å²) in [6.45, 7) is 4.03. The molecule has 0 aliphatic rings. The van der Waals surface area contributed by atoms with Crippen molar-refractivity contribution in [1.82, 2.24) is 9.38 Å². The van der Waals surface area contributed by atoms with Gasteiger partial charge in [-0.3, -0.25) is 14.0 Å². The molecule has 0 fully saturated rings. The van der Waals surface area contributed by atoms with Crippen LogP contribution in [0.1, 0.15) is 36.1 Å². The normalized spacial score (nSPS) is 11.8.